The van der Waals surface area contributed by atoms with Crippen molar-refractivity contribution in [3.05, 3.63) is 72.3 Å². The second-order valence-electron chi connectivity index (χ2n) is 6.20. The number of rotatable bonds is 8. The lowest BCUT2D eigenvalue weighted by atomic mass is 9.93. The molecule has 6 heteroatoms. The number of hydrogen-bond donors (Lipinski definition) is 3. The fraction of sp³-hybridized carbons (Fsp3) is 0.238. The third kappa shape index (κ3) is 6.86. The molecule has 0 unspecified atom stereocenters. The van der Waals surface area contributed by atoms with Crippen molar-refractivity contribution >= 4 is 17.7 Å². The first-order valence-corrected chi connectivity index (χ1v) is 8.67. The van der Waals surface area contributed by atoms with Crippen molar-refractivity contribution in [2.45, 2.75) is 25.9 Å². The molecule has 0 aliphatic carbocycles. The molecule has 0 heterocycles. The summed E-state index contributed by atoms with van der Waals surface area (Å²) in [7, 11) is 0. The zero-order chi connectivity index (χ0) is 19.6. The fourth-order valence-electron chi connectivity index (χ4n) is 2.66. The highest BCUT2D eigenvalue weighted by atomic mass is 16.6. The normalized spacial score (nSPS) is 13.1. The third-order valence-electron chi connectivity index (χ3n) is 4.04. The molecule has 6 nitrogen and oxygen atoms in total. The molecular weight excluding hydrogens is 346 g/mol. The van der Waals surface area contributed by atoms with E-state index in [0.29, 0.717) is 18.5 Å². The van der Waals surface area contributed by atoms with Gasteiger partial charge in [-0.1, -0.05) is 43.3 Å². The maximum absolute atomic E-state index is 12.3. The lowest BCUT2D eigenvalue weighted by Gasteiger charge is -2.24. The van der Waals surface area contributed by atoms with Crippen molar-refractivity contribution in [1.82, 2.24) is 0 Å². The van der Waals surface area contributed by atoms with Gasteiger partial charge in [-0.05, 0) is 48.6 Å². The molecule has 0 aliphatic heterocycles. The summed E-state index contributed by atoms with van der Waals surface area (Å²) in [5, 5.41) is 20.8. The monoisotopic (exact) mass is 369 g/mol. The maximum atomic E-state index is 12.3. The van der Waals surface area contributed by atoms with Crippen LogP contribution < -0.4 is 5.32 Å². The molecule has 0 aromatic heterocycles. The van der Waals surface area contributed by atoms with Gasteiger partial charge < -0.3 is 14.9 Å². The van der Waals surface area contributed by atoms with E-state index in [-0.39, 0.29) is 11.7 Å². The van der Waals surface area contributed by atoms with Gasteiger partial charge in [0.05, 0.1) is 0 Å². The van der Waals surface area contributed by atoms with E-state index in [1.165, 1.54) is 12.1 Å². The highest BCUT2D eigenvalue weighted by Gasteiger charge is 2.23. The minimum atomic E-state index is -0.990. The van der Waals surface area contributed by atoms with Crippen LogP contribution in [-0.2, 0) is 9.53 Å². The Kier molecular flexibility index (Phi) is 7.43. The van der Waals surface area contributed by atoms with E-state index in [2.05, 4.69) is 5.32 Å². The second-order valence-corrected chi connectivity index (χ2v) is 6.20. The average molecular weight is 369 g/mol. The number of para-hydroxylation sites is 1. The first kappa shape index (κ1) is 20.0. The van der Waals surface area contributed by atoms with Crippen LogP contribution in [0, 0.1) is 5.92 Å². The Morgan fingerprint density at radius 1 is 1.11 bits per heavy atom. The maximum Gasteiger partial charge on any atom is 0.412 e. The molecule has 0 spiro atoms. The van der Waals surface area contributed by atoms with E-state index in [9.17, 15) is 14.7 Å². The van der Waals surface area contributed by atoms with Gasteiger partial charge in [0.15, 0.2) is 0 Å². The summed E-state index contributed by atoms with van der Waals surface area (Å²) in [4.78, 5) is 22.9. The SMILES string of the molecule is C[C@H](CC/C=C/C(=O)O)[C@H](OC(=O)Nc1ccccc1)c1ccc(O)cc1. The summed E-state index contributed by atoms with van der Waals surface area (Å²) in [5.74, 6) is -0.922. The molecule has 2 rings (SSSR count). The number of phenolic OH excluding ortho intramolecular Hbond substituents is 1. The molecule has 0 saturated heterocycles. The van der Waals surface area contributed by atoms with Crippen molar-refractivity contribution in [3.63, 3.8) is 0 Å². The van der Waals surface area contributed by atoms with E-state index in [1.807, 2.05) is 25.1 Å². The summed E-state index contributed by atoms with van der Waals surface area (Å²) in [6.07, 6.45) is 2.75. The lowest BCUT2D eigenvalue weighted by Crippen LogP contribution is -2.22. The molecule has 0 radical (unpaired) electrons. The Bertz CT molecular complexity index is 771. The van der Waals surface area contributed by atoms with Gasteiger partial charge in [-0.25, -0.2) is 9.59 Å². The number of carboxylic acids is 1. The van der Waals surface area contributed by atoms with Crippen LogP contribution in [0.3, 0.4) is 0 Å². The molecule has 142 valence electrons. The van der Waals surface area contributed by atoms with Crippen molar-refractivity contribution < 1.29 is 24.5 Å². The molecule has 0 aliphatic rings. The zero-order valence-corrected chi connectivity index (χ0v) is 15.0. The molecule has 2 atom stereocenters. The van der Waals surface area contributed by atoms with Gasteiger partial charge in [0, 0.05) is 11.8 Å². The number of phenols is 1. The van der Waals surface area contributed by atoms with Gasteiger partial charge in [0.2, 0.25) is 0 Å². The van der Waals surface area contributed by atoms with Crippen molar-refractivity contribution in [2.24, 2.45) is 5.92 Å². The smallest absolute Gasteiger partial charge is 0.412 e. The minimum absolute atomic E-state index is 0.0606. The van der Waals surface area contributed by atoms with Crippen molar-refractivity contribution in [3.8, 4) is 5.75 Å². The number of carboxylic acid groups (broad SMARTS) is 1. The van der Waals surface area contributed by atoms with Gasteiger partial charge in [0.1, 0.15) is 11.9 Å². The highest BCUT2D eigenvalue weighted by molar-refractivity contribution is 5.84. The molecule has 2 aromatic carbocycles. The number of nitrogens with one attached hydrogen (secondary N) is 1. The van der Waals surface area contributed by atoms with Crippen LogP contribution in [0.25, 0.3) is 0 Å². The van der Waals surface area contributed by atoms with E-state index < -0.39 is 18.2 Å². The molecule has 27 heavy (non-hydrogen) atoms. The van der Waals surface area contributed by atoms with Crippen LogP contribution in [0.4, 0.5) is 10.5 Å². The molecule has 0 fully saturated rings. The molecule has 2 aromatic rings. The highest BCUT2D eigenvalue weighted by Crippen LogP contribution is 2.31. The fourth-order valence-corrected chi connectivity index (χ4v) is 2.66. The summed E-state index contributed by atoms with van der Waals surface area (Å²) in [5.41, 5.74) is 1.38. The number of ether oxygens (including phenoxy) is 1. The average Bonchev–Trinajstić information content (AvgIpc) is 2.64. The topological polar surface area (TPSA) is 95.9 Å². The van der Waals surface area contributed by atoms with Crippen molar-refractivity contribution in [2.75, 3.05) is 5.32 Å². The van der Waals surface area contributed by atoms with Crippen LogP contribution in [0.2, 0.25) is 0 Å². The number of aliphatic carboxylic acids is 1. The molecule has 0 saturated carbocycles. The quantitative estimate of drug-likeness (QED) is 0.584. The molecule has 3 N–H and O–H groups in total. The largest absolute Gasteiger partial charge is 0.508 e. The van der Waals surface area contributed by atoms with Crippen LogP contribution in [0.1, 0.15) is 31.4 Å². The van der Waals surface area contributed by atoms with Crippen LogP contribution in [0.15, 0.2) is 66.7 Å². The summed E-state index contributed by atoms with van der Waals surface area (Å²) in [6.45, 7) is 1.93. The van der Waals surface area contributed by atoms with E-state index >= 15 is 0 Å². The number of amides is 1. The standard InChI is InChI=1S/C21H23NO5/c1-15(7-5-6-10-19(24)25)20(16-11-13-18(23)14-12-16)27-21(26)22-17-8-3-2-4-9-17/h2-4,6,8-15,20,23H,5,7H2,1H3,(H,22,26)(H,24,25)/b10-6+/t15-,20+/m1/s1. The first-order chi connectivity index (χ1) is 13.0. The minimum Gasteiger partial charge on any atom is -0.508 e. The van der Waals surface area contributed by atoms with Gasteiger partial charge in [-0.2, -0.15) is 0 Å². The molecule has 0 bridgehead atoms. The Balaban J connectivity index is 2.07. The van der Waals surface area contributed by atoms with Gasteiger partial charge in [-0.3, -0.25) is 5.32 Å². The Morgan fingerprint density at radius 2 is 1.78 bits per heavy atom. The number of benzene rings is 2. The summed E-state index contributed by atoms with van der Waals surface area (Å²) < 4.78 is 5.65. The van der Waals surface area contributed by atoms with Crippen LogP contribution in [0.5, 0.6) is 5.75 Å². The van der Waals surface area contributed by atoms with Gasteiger partial charge in [-0.15, -0.1) is 0 Å². The molecule has 1 amide bonds. The van der Waals surface area contributed by atoms with E-state index in [1.54, 1.807) is 30.3 Å². The number of carbonyl (C=O) groups excluding carboxylic acids is 1. The van der Waals surface area contributed by atoms with Gasteiger partial charge >= 0.3 is 12.1 Å². The predicted molar refractivity (Wildman–Crippen MR) is 103 cm³/mol. The van der Waals surface area contributed by atoms with E-state index in [4.69, 9.17) is 9.84 Å². The Labute approximate surface area is 158 Å². The number of hydrogen-bond acceptors (Lipinski definition) is 4. The Morgan fingerprint density at radius 3 is 2.41 bits per heavy atom. The zero-order valence-electron chi connectivity index (χ0n) is 15.0. The van der Waals surface area contributed by atoms with Crippen LogP contribution >= 0.6 is 0 Å². The Hall–Kier alpha value is -3.28. The number of allylic oxidation sites excluding steroid dienone is 1. The van der Waals surface area contributed by atoms with Crippen molar-refractivity contribution in [1.29, 1.82) is 0 Å². The number of anilines is 1. The van der Waals surface area contributed by atoms with Gasteiger partial charge in [0.25, 0.3) is 0 Å². The second kappa shape index (κ2) is 10.0. The summed E-state index contributed by atoms with van der Waals surface area (Å²) >= 11 is 0. The number of aromatic hydroxyl groups is 1. The first-order valence-electron chi connectivity index (χ1n) is 8.67. The summed E-state index contributed by atoms with van der Waals surface area (Å²) in [6, 6.07) is 15.5. The lowest BCUT2D eigenvalue weighted by molar-refractivity contribution is -0.131. The number of carbonyl (C=O) groups is 2. The predicted octanol–water partition coefficient (Wildman–Crippen LogP) is 4.74. The van der Waals surface area contributed by atoms with Crippen LogP contribution in [-0.4, -0.2) is 22.3 Å². The third-order valence-corrected chi connectivity index (χ3v) is 4.04. The molecular formula is C21H23NO5. The van der Waals surface area contributed by atoms with E-state index in [0.717, 1.165) is 11.6 Å².